The second-order valence-corrected chi connectivity index (χ2v) is 29.7. The average Bonchev–Trinajstić information content (AvgIpc) is 0.811. The molecular weight excluding hydrogens is 1210 g/mol. The Balaban J connectivity index is 2.33. The SMILES string of the molecule is C/C=C/C[C@@H](C)[C@@H](O)[C@H]1C(=O)N[C@@H](CC)C(=O)N(C)[C@H](C)C(=O)N(C)[C@@H]([C@H](C)CN2CCN(C3CCC3)CC2)C(=O)N[C@@H](C(C)C)C(=O)N(C)[C@@H](CC(C)C)C(=O)N[C@@H](C)C(=O)N[C@H](C)C(=O)N(C)[C@@H](CC(C)C)C(=O)N(C)[C@@H](CC(C)C)C(=O)N(C)[C@@H](C(C)C)C(=O)N1C. The molecule has 1 aliphatic carbocycles. The number of amides is 11. The maximum atomic E-state index is 15.3. The van der Waals surface area contributed by atoms with Gasteiger partial charge in [-0.2, -0.15) is 0 Å². The number of aliphatic hydroxyl groups excluding tert-OH is 1. The summed E-state index contributed by atoms with van der Waals surface area (Å²) in [4.78, 5) is 177. The lowest BCUT2D eigenvalue weighted by Crippen LogP contribution is -2.64. The van der Waals surface area contributed by atoms with E-state index in [0.29, 0.717) is 19.0 Å². The highest BCUT2D eigenvalue weighted by atomic mass is 16.3. The summed E-state index contributed by atoms with van der Waals surface area (Å²) in [5.74, 6) is -10.1. The predicted octanol–water partition coefficient (Wildman–Crippen LogP) is 3.42. The molecule has 11 amide bonds. The highest BCUT2D eigenvalue weighted by molar-refractivity contribution is 6.00. The monoisotopic (exact) mass is 1340 g/mol. The second-order valence-electron chi connectivity index (χ2n) is 29.7. The van der Waals surface area contributed by atoms with Crippen LogP contribution in [0.5, 0.6) is 0 Å². The van der Waals surface area contributed by atoms with Crippen molar-refractivity contribution in [1.82, 2.24) is 65.4 Å². The number of piperazine rings is 1. The van der Waals surface area contributed by atoms with Gasteiger partial charge in [0.2, 0.25) is 65.0 Å². The Bertz CT molecular complexity index is 2640. The summed E-state index contributed by atoms with van der Waals surface area (Å²) in [5, 5.41) is 23.5. The molecule has 14 atom stereocenters. The minimum Gasteiger partial charge on any atom is -0.390 e. The zero-order valence-corrected chi connectivity index (χ0v) is 62.4. The van der Waals surface area contributed by atoms with Gasteiger partial charge in [0.1, 0.15) is 66.5 Å². The molecule has 3 aliphatic rings. The molecule has 0 bridgehead atoms. The third kappa shape index (κ3) is 21.9. The molecule has 0 aromatic heterocycles. The number of aliphatic hydroxyl groups is 1. The number of carbonyl (C=O) groups excluding carboxylic acids is 11. The Hall–Kier alpha value is -6.21. The van der Waals surface area contributed by atoms with Crippen molar-refractivity contribution in [1.29, 1.82) is 0 Å². The van der Waals surface area contributed by atoms with Gasteiger partial charge in [-0.1, -0.05) is 109 Å². The highest BCUT2D eigenvalue weighted by Gasteiger charge is 2.47. The van der Waals surface area contributed by atoms with Crippen molar-refractivity contribution in [2.75, 3.05) is 82.1 Å². The van der Waals surface area contributed by atoms with Gasteiger partial charge < -0.3 is 65.6 Å². The lowest BCUT2D eigenvalue weighted by atomic mass is 9.91. The minimum atomic E-state index is -1.62. The molecular formula is C70H125N13O12. The van der Waals surface area contributed by atoms with E-state index in [1.54, 1.807) is 47.6 Å². The number of hydrogen-bond acceptors (Lipinski definition) is 14. The molecule has 3 rings (SSSR count). The van der Waals surface area contributed by atoms with Crippen LogP contribution in [0.3, 0.4) is 0 Å². The van der Waals surface area contributed by atoms with Crippen molar-refractivity contribution >= 4 is 65.0 Å². The predicted molar refractivity (Wildman–Crippen MR) is 368 cm³/mol. The quantitative estimate of drug-likeness (QED) is 0.131. The van der Waals surface area contributed by atoms with Crippen LogP contribution < -0.4 is 21.3 Å². The maximum Gasteiger partial charge on any atom is 0.246 e. The lowest BCUT2D eigenvalue weighted by Gasteiger charge is -2.44. The van der Waals surface area contributed by atoms with E-state index in [4.69, 9.17) is 0 Å². The van der Waals surface area contributed by atoms with Gasteiger partial charge in [-0.3, -0.25) is 57.6 Å². The van der Waals surface area contributed by atoms with Crippen LogP contribution in [0.2, 0.25) is 0 Å². The fourth-order valence-corrected chi connectivity index (χ4v) is 13.4. The standard InChI is InChI=1S/C70H125N13O12/c1-25-27-29-45(13)59(84)58-63(88)73-51(26-2)66(91)75(18)49(17)65(90)80(23)57(46(14)39-82-32-34-83(35-33-82)50-30-28-31-50)62(87)74-55(43(9)10)69(94)76(19)52(36-40(3)4)61(86)71-47(15)60(85)72-48(16)64(89)77(20)53(37-41(5)6)67(92)78(21)54(38-42(7)8)68(93)79(22)56(44(11)12)70(95)81(58)24/h25,27,40-59,84H,26,28-39H2,1-24H3,(H,71,86)(H,72,85)(H,73,88)(H,74,87)/b27-25+/t45-,46-,47+,48-,49-,51+,52+,53+,54+,55+,56+,57+,58+,59-/m1/s1. The Morgan fingerprint density at radius 3 is 1.41 bits per heavy atom. The van der Waals surface area contributed by atoms with Gasteiger partial charge in [-0.05, 0) is 114 Å². The van der Waals surface area contributed by atoms with Gasteiger partial charge in [0, 0.05) is 88.1 Å². The zero-order valence-electron chi connectivity index (χ0n) is 62.4. The maximum absolute atomic E-state index is 15.3. The number of allylic oxidation sites excluding steroid dienone is 2. The van der Waals surface area contributed by atoms with Crippen LogP contribution in [0.15, 0.2) is 12.2 Å². The molecule has 3 fully saturated rings. The third-order valence-electron chi connectivity index (χ3n) is 19.9. The lowest BCUT2D eigenvalue weighted by molar-refractivity contribution is -0.157. The van der Waals surface area contributed by atoms with E-state index in [1.807, 2.05) is 61.5 Å². The van der Waals surface area contributed by atoms with Gasteiger partial charge in [-0.15, -0.1) is 0 Å². The summed E-state index contributed by atoms with van der Waals surface area (Å²) >= 11 is 0. The molecule has 1 saturated carbocycles. The Labute approximate surface area is 569 Å². The largest absolute Gasteiger partial charge is 0.390 e. The van der Waals surface area contributed by atoms with Crippen LogP contribution in [-0.2, 0) is 52.7 Å². The van der Waals surface area contributed by atoms with Gasteiger partial charge in [0.25, 0.3) is 0 Å². The zero-order chi connectivity index (χ0) is 72.5. The van der Waals surface area contributed by atoms with Crippen LogP contribution in [0.4, 0.5) is 0 Å². The summed E-state index contributed by atoms with van der Waals surface area (Å²) in [5.41, 5.74) is 0. The van der Waals surface area contributed by atoms with E-state index in [2.05, 4.69) is 31.1 Å². The molecule has 2 saturated heterocycles. The van der Waals surface area contributed by atoms with Gasteiger partial charge >= 0.3 is 0 Å². The number of nitrogens with one attached hydrogen (secondary N) is 4. The summed E-state index contributed by atoms with van der Waals surface area (Å²) in [6.45, 7) is 33.3. The van der Waals surface area contributed by atoms with Crippen LogP contribution in [0.25, 0.3) is 0 Å². The molecule has 95 heavy (non-hydrogen) atoms. The van der Waals surface area contributed by atoms with E-state index < -0.39 is 161 Å². The highest BCUT2D eigenvalue weighted by Crippen LogP contribution is 2.28. The van der Waals surface area contributed by atoms with Gasteiger partial charge in [0.15, 0.2) is 0 Å². The first-order valence-corrected chi connectivity index (χ1v) is 35.0. The summed E-state index contributed by atoms with van der Waals surface area (Å²) in [6, 6.07) is -13.2. The molecule has 25 nitrogen and oxygen atoms in total. The second kappa shape index (κ2) is 37.5. The topological polar surface area (TPSA) is 285 Å². The average molecular weight is 1340 g/mol. The van der Waals surface area contributed by atoms with E-state index in [1.165, 1.54) is 119 Å². The van der Waals surface area contributed by atoms with Gasteiger partial charge in [-0.25, -0.2) is 0 Å². The molecule has 0 unspecified atom stereocenters. The Morgan fingerprint density at radius 2 is 0.937 bits per heavy atom. The van der Waals surface area contributed by atoms with Crippen LogP contribution in [0, 0.1) is 41.4 Å². The van der Waals surface area contributed by atoms with E-state index >= 15 is 28.8 Å². The van der Waals surface area contributed by atoms with Crippen molar-refractivity contribution in [2.24, 2.45) is 41.4 Å². The fraction of sp³-hybridized carbons (Fsp3) is 0.814. The van der Waals surface area contributed by atoms with Crippen LogP contribution in [0.1, 0.15) is 169 Å². The summed E-state index contributed by atoms with van der Waals surface area (Å²) < 4.78 is 0. The Morgan fingerprint density at radius 1 is 0.474 bits per heavy atom. The third-order valence-corrected chi connectivity index (χ3v) is 19.9. The fourth-order valence-electron chi connectivity index (χ4n) is 13.4. The van der Waals surface area contributed by atoms with Crippen molar-refractivity contribution in [3.05, 3.63) is 12.2 Å². The number of hydrogen-bond donors (Lipinski definition) is 5. The first-order chi connectivity index (χ1) is 44.2. The van der Waals surface area contributed by atoms with E-state index in [-0.39, 0.29) is 43.4 Å². The Kier molecular flexibility index (Phi) is 32.8. The number of carbonyl (C=O) groups is 11. The molecule has 2 heterocycles. The van der Waals surface area contributed by atoms with Gasteiger partial charge in [0.05, 0.1) is 6.10 Å². The number of nitrogens with zero attached hydrogens (tertiary/aromatic N) is 9. The van der Waals surface area contributed by atoms with Crippen molar-refractivity contribution in [3.8, 4) is 0 Å². The van der Waals surface area contributed by atoms with E-state index in [0.717, 1.165) is 31.1 Å². The molecule has 0 aromatic rings. The molecule has 542 valence electrons. The van der Waals surface area contributed by atoms with Crippen molar-refractivity contribution in [2.45, 2.75) is 248 Å². The van der Waals surface area contributed by atoms with E-state index in [9.17, 15) is 29.1 Å². The number of likely N-dealkylation sites (N-methyl/N-ethyl adjacent to an activating group) is 7. The van der Waals surface area contributed by atoms with Crippen LogP contribution >= 0.6 is 0 Å². The summed E-state index contributed by atoms with van der Waals surface area (Å²) in [7, 11) is 10.1. The first kappa shape index (κ1) is 83.0. The minimum absolute atomic E-state index is 0.0134. The molecule has 5 N–H and O–H groups in total. The van der Waals surface area contributed by atoms with Crippen molar-refractivity contribution in [3.63, 3.8) is 0 Å². The van der Waals surface area contributed by atoms with Crippen LogP contribution in [-0.4, -0.2) is 275 Å². The smallest absolute Gasteiger partial charge is 0.246 e. The molecule has 25 heteroatoms. The molecule has 0 spiro atoms. The normalized spacial score (nSPS) is 28.7. The molecule has 2 aliphatic heterocycles. The van der Waals surface area contributed by atoms with Crippen molar-refractivity contribution < 1.29 is 57.8 Å². The summed E-state index contributed by atoms with van der Waals surface area (Å²) in [6.07, 6.45) is 6.41. The molecule has 0 aromatic carbocycles. The first-order valence-electron chi connectivity index (χ1n) is 35.0. The number of rotatable bonds is 17. The molecule has 0 radical (unpaired) electrons.